The first-order valence-corrected chi connectivity index (χ1v) is 9.28. The zero-order valence-corrected chi connectivity index (χ0v) is 15.7. The third kappa shape index (κ3) is 3.96. The minimum Gasteiger partial charge on any atom is -0.326 e. The highest BCUT2D eigenvalue weighted by atomic mass is 16.2. The van der Waals surface area contributed by atoms with E-state index in [2.05, 4.69) is 38.2 Å². The average molecular weight is 350 g/mol. The predicted octanol–water partition coefficient (Wildman–Crippen LogP) is 4.36. The largest absolute Gasteiger partial charge is 0.326 e. The molecule has 26 heavy (non-hydrogen) atoms. The van der Waals surface area contributed by atoms with E-state index in [0.29, 0.717) is 12.5 Å². The summed E-state index contributed by atoms with van der Waals surface area (Å²) in [6, 6.07) is 15.9. The van der Waals surface area contributed by atoms with Crippen LogP contribution in [-0.4, -0.2) is 18.4 Å². The van der Waals surface area contributed by atoms with Crippen molar-refractivity contribution in [1.29, 1.82) is 0 Å². The van der Waals surface area contributed by atoms with E-state index in [9.17, 15) is 9.59 Å². The number of nitrogens with one attached hydrogen (secondary N) is 1. The second kappa shape index (κ2) is 7.73. The lowest BCUT2D eigenvalue weighted by Crippen LogP contribution is -2.28. The van der Waals surface area contributed by atoms with Gasteiger partial charge < -0.3 is 10.2 Å². The molecule has 1 saturated heterocycles. The Morgan fingerprint density at radius 3 is 2.35 bits per heavy atom. The van der Waals surface area contributed by atoms with Gasteiger partial charge in [0.1, 0.15) is 0 Å². The second-order valence-electron chi connectivity index (χ2n) is 7.19. The van der Waals surface area contributed by atoms with Crippen LogP contribution in [0.2, 0.25) is 0 Å². The van der Waals surface area contributed by atoms with Crippen molar-refractivity contribution in [2.75, 3.05) is 16.8 Å². The van der Waals surface area contributed by atoms with Crippen molar-refractivity contribution in [3.05, 3.63) is 59.7 Å². The maximum Gasteiger partial charge on any atom is 0.229 e. The lowest BCUT2D eigenvalue weighted by molar-refractivity contribution is -0.122. The molecule has 1 aliphatic rings. The molecule has 3 rings (SSSR count). The number of amides is 2. The van der Waals surface area contributed by atoms with Crippen LogP contribution in [0.25, 0.3) is 0 Å². The molecule has 1 heterocycles. The highest BCUT2D eigenvalue weighted by Gasteiger charge is 2.35. The van der Waals surface area contributed by atoms with Gasteiger partial charge >= 0.3 is 0 Å². The molecule has 4 nitrogen and oxygen atoms in total. The number of nitrogens with zero attached hydrogens (tertiary/aromatic N) is 1. The molecular formula is C22H26N2O2. The molecule has 0 aromatic heterocycles. The van der Waals surface area contributed by atoms with E-state index < -0.39 is 0 Å². The van der Waals surface area contributed by atoms with Gasteiger partial charge in [-0.1, -0.05) is 45.0 Å². The number of hydrogen-bond donors (Lipinski definition) is 1. The van der Waals surface area contributed by atoms with E-state index in [4.69, 9.17) is 0 Å². The van der Waals surface area contributed by atoms with Crippen LogP contribution in [-0.2, 0) is 16.0 Å². The fourth-order valence-electron chi connectivity index (χ4n) is 3.24. The summed E-state index contributed by atoms with van der Waals surface area (Å²) in [5, 5.41) is 2.93. The highest BCUT2D eigenvalue weighted by Crippen LogP contribution is 2.27. The second-order valence-corrected chi connectivity index (χ2v) is 7.19. The molecule has 4 heteroatoms. The molecule has 0 radical (unpaired) electrons. The van der Waals surface area contributed by atoms with Crippen molar-refractivity contribution in [2.24, 2.45) is 5.92 Å². The third-order valence-corrected chi connectivity index (χ3v) is 5.00. The SMILES string of the molecule is CCc1ccc(NC(=O)C2CC(=O)N(c3ccc(C(C)C)cc3)C2)cc1. The van der Waals surface area contributed by atoms with Crippen LogP contribution in [0.15, 0.2) is 48.5 Å². The summed E-state index contributed by atoms with van der Waals surface area (Å²) in [5.41, 5.74) is 4.11. The Morgan fingerprint density at radius 2 is 1.77 bits per heavy atom. The maximum absolute atomic E-state index is 12.5. The van der Waals surface area contributed by atoms with Crippen molar-refractivity contribution in [2.45, 2.75) is 39.5 Å². The normalized spacial score (nSPS) is 17.0. The third-order valence-electron chi connectivity index (χ3n) is 5.00. The summed E-state index contributed by atoms with van der Waals surface area (Å²) in [7, 11) is 0. The van der Waals surface area contributed by atoms with Crippen LogP contribution in [0.5, 0.6) is 0 Å². The molecule has 0 spiro atoms. The molecular weight excluding hydrogens is 324 g/mol. The molecule has 0 aliphatic carbocycles. The van der Waals surface area contributed by atoms with Crippen molar-refractivity contribution in [3.63, 3.8) is 0 Å². The van der Waals surface area contributed by atoms with E-state index in [-0.39, 0.29) is 24.2 Å². The minimum absolute atomic E-state index is 0.00350. The van der Waals surface area contributed by atoms with E-state index in [1.165, 1.54) is 11.1 Å². The van der Waals surface area contributed by atoms with Crippen LogP contribution >= 0.6 is 0 Å². The van der Waals surface area contributed by atoms with Crippen LogP contribution in [0, 0.1) is 5.92 Å². The van der Waals surface area contributed by atoms with Gasteiger partial charge in [-0.15, -0.1) is 0 Å². The van der Waals surface area contributed by atoms with Gasteiger partial charge in [-0.25, -0.2) is 0 Å². The Bertz CT molecular complexity index is 779. The zero-order valence-electron chi connectivity index (χ0n) is 15.7. The molecule has 2 aromatic rings. The standard InChI is InChI=1S/C22H26N2O2/c1-4-16-5-9-19(10-6-16)23-22(26)18-13-21(25)24(14-18)20-11-7-17(8-12-20)15(2)3/h5-12,15,18H,4,13-14H2,1-3H3,(H,23,26). The first kappa shape index (κ1) is 18.2. The minimum atomic E-state index is -0.321. The van der Waals surface area contributed by atoms with Gasteiger partial charge in [0.05, 0.1) is 5.92 Å². The van der Waals surface area contributed by atoms with Gasteiger partial charge in [0.2, 0.25) is 11.8 Å². The molecule has 1 aliphatic heterocycles. The Hall–Kier alpha value is -2.62. The van der Waals surface area contributed by atoms with Gasteiger partial charge in [0, 0.05) is 24.3 Å². The molecule has 2 aromatic carbocycles. The van der Waals surface area contributed by atoms with E-state index in [0.717, 1.165) is 17.8 Å². The Kier molecular flexibility index (Phi) is 5.40. The van der Waals surface area contributed by atoms with Gasteiger partial charge in [-0.05, 0) is 47.7 Å². The molecule has 1 atom stereocenters. The summed E-state index contributed by atoms with van der Waals surface area (Å²) in [5.74, 6) is 0.0433. The van der Waals surface area contributed by atoms with Gasteiger partial charge in [0.15, 0.2) is 0 Å². The lowest BCUT2D eigenvalue weighted by Gasteiger charge is -2.18. The Morgan fingerprint density at radius 1 is 1.12 bits per heavy atom. The predicted molar refractivity (Wildman–Crippen MR) is 105 cm³/mol. The van der Waals surface area contributed by atoms with Crippen molar-refractivity contribution in [3.8, 4) is 0 Å². The Labute approximate surface area is 155 Å². The molecule has 0 bridgehead atoms. The number of aryl methyl sites for hydroxylation is 1. The fourth-order valence-corrected chi connectivity index (χ4v) is 3.24. The molecule has 2 amide bonds. The van der Waals surface area contributed by atoms with E-state index in [1.807, 2.05) is 36.4 Å². The molecule has 1 unspecified atom stereocenters. The smallest absolute Gasteiger partial charge is 0.229 e. The van der Waals surface area contributed by atoms with Crippen LogP contribution in [0.1, 0.15) is 44.2 Å². The van der Waals surface area contributed by atoms with E-state index >= 15 is 0 Å². The first-order chi connectivity index (χ1) is 12.5. The maximum atomic E-state index is 12.5. The average Bonchev–Trinajstić information content (AvgIpc) is 3.04. The zero-order chi connectivity index (χ0) is 18.7. The molecule has 0 saturated carbocycles. The highest BCUT2D eigenvalue weighted by molar-refractivity contribution is 6.03. The van der Waals surface area contributed by atoms with Crippen molar-refractivity contribution in [1.82, 2.24) is 0 Å². The summed E-state index contributed by atoms with van der Waals surface area (Å²) < 4.78 is 0. The fraction of sp³-hybridized carbons (Fsp3) is 0.364. The number of carbonyl (C=O) groups excluding carboxylic acids is 2. The summed E-state index contributed by atoms with van der Waals surface area (Å²) >= 11 is 0. The number of benzene rings is 2. The summed E-state index contributed by atoms with van der Waals surface area (Å²) in [4.78, 5) is 26.7. The van der Waals surface area contributed by atoms with Crippen molar-refractivity contribution >= 4 is 23.2 Å². The number of hydrogen-bond acceptors (Lipinski definition) is 2. The molecule has 1 N–H and O–H groups in total. The quantitative estimate of drug-likeness (QED) is 0.871. The first-order valence-electron chi connectivity index (χ1n) is 9.28. The lowest BCUT2D eigenvalue weighted by atomic mass is 10.0. The monoisotopic (exact) mass is 350 g/mol. The van der Waals surface area contributed by atoms with Gasteiger partial charge in [0.25, 0.3) is 0 Å². The number of anilines is 2. The van der Waals surface area contributed by atoms with Gasteiger partial charge in [-0.3, -0.25) is 9.59 Å². The van der Waals surface area contributed by atoms with E-state index in [1.54, 1.807) is 4.90 Å². The van der Waals surface area contributed by atoms with Crippen molar-refractivity contribution < 1.29 is 9.59 Å². The molecule has 1 fully saturated rings. The number of carbonyl (C=O) groups is 2. The number of rotatable bonds is 5. The summed E-state index contributed by atoms with van der Waals surface area (Å²) in [6.07, 6.45) is 1.22. The van der Waals surface area contributed by atoms with Crippen LogP contribution in [0.3, 0.4) is 0 Å². The summed E-state index contributed by atoms with van der Waals surface area (Å²) in [6.45, 7) is 6.81. The molecule has 136 valence electrons. The van der Waals surface area contributed by atoms with Crippen LogP contribution < -0.4 is 10.2 Å². The van der Waals surface area contributed by atoms with Crippen LogP contribution in [0.4, 0.5) is 11.4 Å². The van der Waals surface area contributed by atoms with Gasteiger partial charge in [-0.2, -0.15) is 0 Å². The Balaban J connectivity index is 1.65. The topological polar surface area (TPSA) is 49.4 Å².